The first-order valence-corrected chi connectivity index (χ1v) is 8.98. The Morgan fingerprint density at radius 2 is 2.04 bits per heavy atom. The first kappa shape index (κ1) is 23.0. The number of hydrogen-bond donors (Lipinski definition) is 1. The van der Waals surface area contributed by atoms with Crippen LogP contribution >= 0.6 is 0 Å². The number of carbonyl (C=O) groups excluding carboxylic acids is 2. The minimum absolute atomic E-state index is 0. The molecule has 1 aromatic carbocycles. The summed E-state index contributed by atoms with van der Waals surface area (Å²) in [6.07, 6.45) is 2.13. The normalized spacial score (nSPS) is 16.8. The molecule has 1 aliphatic rings. The van der Waals surface area contributed by atoms with E-state index in [1.165, 1.54) is 0 Å². The lowest BCUT2D eigenvalue weighted by Crippen LogP contribution is -3.00. The number of methoxy groups -OCH3 is 2. The third-order valence-corrected chi connectivity index (χ3v) is 4.46. The number of benzene rings is 1. The summed E-state index contributed by atoms with van der Waals surface area (Å²) in [5.41, 5.74) is 0.583. The summed E-state index contributed by atoms with van der Waals surface area (Å²) in [5.74, 6) is 0.900. The van der Waals surface area contributed by atoms with Crippen molar-refractivity contribution in [2.45, 2.75) is 26.2 Å². The van der Waals surface area contributed by atoms with Gasteiger partial charge in [-0.25, -0.2) is 0 Å². The topological polar surface area (TPSA) is 77.1 Å². The van der Waals surface area contributed by atoms with Gasteiger partial charge in [-0.3, -0.25) is 9.59 Å². The molecule has 0 aliphatic carbocycles. The molecule has 0 bridgehead atoms. The zero-order chi connectivity index (χ0) is 18.9. The summed E-state index contributed by atoms with van der Waals surface area (Å²) in [6.45, 7) is 4.37. The lowest BCUT2D eigenvalue weighted by molar-refractivity contribution is -0.149. The Hall–Kier alpha value is -1.99. The molecule has 1 atom stereocenters. The number of carbonyl (C=O) groups is 2. The molecular weight excluding hydrogens is 372 g/mol. The van der Waals surface area contributed by atoms with Crippen molar-refractivity contribution in [1.29, 1.82) is 0 Å². The van der Waals surface area contributed by atoms with Crippen molar-refractivity contribution in [3.05, 3.63) is 18.2 Å². The molecule has 0 spiro atoms. The van der Waals surface area contributed by atoms with Crippen LogP contribution in [-0.4, -0.2) is 57.2 Å². The van der Waals surface area contributed by atoms with Gasteiger partial charge in [0, 0.05) is 25.6 Å². The number of esters is 1. The van der Waals surface area contributed by atoms with Gasteiger partial charge in [-0.15, -0.1) is 0 Å². The molecule has 0 radical (unpaired) electrons. The van der Waals surface area contributed by atoms with E-state index in [1.807, 2.05) is 6.92 Å². The largest absolute Gasteiger partial charge is 1.00 e. The summed E-state index contributed by atoms with van der Waals surface area (Å²) in [6, 6.07) is 5.26. The number of ether oxygens (including phenoxy) is 3. The van der Waals surface area contributed by atoms with E-state index >= 15 is 0 Å². The predicted octanol–water partition coefficient (Wildman–Crippen LogP) is -0.688. The number of hydrogen-bond acceptors (Lipinski definition) is 6. The van der Waals surface area contributed by atoms with Gasteiger partial charge < -0.3 is 36.8 Å². The molecule has 7 nitrogen and oxygen atoms in total. The number of halogens is 1. The van der Waals surface area contributed by atoms with E-state index in [1.54, 1.807) is 32.4 Å². The highest BCUT2D eigenvalue weighted by Crippen LogP contribution is 2.29. The van der Waals surface area contributed by atoms with E-state index in [-0.39, 0.29) is 30.2 Å². The molecule has 8 heteroatoms. The molecule has 1 heterocycles. The summed E-state index contributed by atoms with van der Waals surface area (Å²) in [4.78, 5) is 26.4. The molecule has 1 aromatic rings. The van der Waals surface area contributed by atoms with Crippen molar-refractivity contribution in [2.24, 2.45) is 5.92 Å². The predicted molar refractivity (Wildman–Crippen MR) is 98.6 cm³/mol. The number of amides is 1. The average molecular weight is 400 g/mol. The van der Waals surface area contributed by atoms with Crippen molar-refractivity contribution in [3.8, 4) is 11.5 Å². The minimum Gasteiger partial charge on any atom is -1.00 e. The Morgan fingerprint density at radius 3 is 2.70 bits per heavy atom. The summed E-state index contributed by atoms with van der Waals surface area (Å²) < 4.78 is 15.6. The van der Waals surface area contributed by atoms with E-state index in [2.05, 4.69) is 10.2 Å². The number of rotatable bonds is 8. The first-order valence-electron chi connectivity index (χ1n) is 8.98. The fourth-order valence-corrected chi connectivity index (χ4v) is 3.10. The lowest BCUT2D eigenvalue weighted by Gasteiger charge is -2.31. The molecule has 1 fully saturated rings. The quantitative estimate of drug-likeness (QED) is 0.583. The van der Waals surface area contributed by atoms with Crippen molar-refractivity contribution in [3.63, 3.8) is 0 Å². The van der Waals surface area contributed by atoms with Gasteiger partial charge in [0.05, 0.1) is 32.4 Å². The molecule has 1 N–H and O–H groups in total. The van der Waals surface area contributed by atoms with E-state index in [0.29, 0.717) is 43.3 Å². The van der Waals surface area contributed by atoms with Crippen LogP contribution in [-0.2, 0) is 14.3 Å². The summed E-state index contributed by atoms with van der Waals surface area (Å²) >= 11 is 0. The fraction of sp³-hybridized carbons (Fsp3) is 0.579. The molecule has 2 rings (SSSR count). The van der Waals surface area contributed by atoms with Crippen LogP contribution < -0.4 is 27.2 Å². The van der Waals surface area contributed by atoms with Crippen LogP contribution in [0.4, 0.5) is 5.69 Å². The second-order valence-electron chi connectivity index (χ2n) is 6.26. The second kappa shape index (κ2) is 11.7. The van der Waals surface area contributed by atoms with Crippen LogP contribution in [0.2, 0.25) is 0 Å². The third kappa shape index (κ3) is 6.92. The standard InChI is InChI=1S/C19H28N2O5.ClH/c1-4-26-19(23)14-6-5-10-21(13-14)11-9-18(22)20-16-12-15(24-2)7-8-17(16)25-3;/h7-8,12,14H,4-6,9-11,13H2,1-3H3,(H,20,22);1H/p-1. The van der Waals surface area contributed by atoms with E-state index in [0.717, 1.165) is 19.4 Å². The van der Waals surface area contributed by atoms with E-state index < -0.39 is 0 Å². The molecule has 1 aliphatic heterocycles. The van der Waals surface area contributed by atoms with E-state index in [4.69, 9.17) is 14.2 Å². The highest BCUT2D eigenvalue weighted by atomic mass is 35.5. The SMILES string of the molecule is CCOC(=O)C1CCCN(CCC(=O)Nc2cc(OC)ccc2OC)C1.[Cl-]. The lowest BCUT2D eigenvalue weighted by atomic mass is 9.98. The smallest absolute Gasteiger partial charge is 0.310 e. The summed E-state index contributed by atoms with van der Waals surface area (Å²) in [5, 5.41) is 2.87. The van der Waals surface area contributed by atoms with Crippen LogP contribution in [0.1, 0.15) is 26.2 Å². The highest BCUT2D eigenvalue weighted by molar-refractivity contribution is 5.92. The molecule has 1 unspecified atom stereocenters. The monoisotopic (exact) mass is 399 g/mol. The average Bonchev–Trinajstić information content (AvgIpc) is 2.66. The van der Waals surface area contributed by atoms with Gasteiger partial charge in [0.2, 0.25) is 5.91 Å². The van der Waals surface area contributed by atoms with Crippen LogP contribution in [0.3, 0.4) is 0 Å². The number of likely N-dealkylation sites (tertiary alicyclic amines) is 1. The first-order chi connectivity index (χ1) is 12.6. The number of anilines is 1. The Labute approximate surface area is 166 Å². The molecule has 1 saturated heterocycles. The number of nitrogens with zero attached hydrogens (tertiary/aromatic N) is 1. The van der Waals surface area contributed by atoms with Gasteiger partial charge in [0.15, 0.2) is 0 Å². The fourth-order valence-electron chi connectivity index (χ4n) is 3.10. The molecule has 152 valence electrons. The van der Waals surface area contributed by atoms with Crippen LogP contribution in [0.5, 0.6) is 11.5 Å². The summed E-state index contributed by atoms with van der Waals surface area (Å²) in [7, 11) is 3.13. The maximum atomic E-state index is 12.3. The van der Waals surface area contributed by atoms with Gasteiger partial charge in [0.25, 0.3) is 0 Å². The Bertz CT molecular complexity index is 626. The van der Waals surface area contributed by atoms with E-state index in [9.17, 15) is 9.59 Å². The van der Waals surface area contributed by atoms with Crippen LogP contribution in [0.15, 0.2) is 18.2 Å². The molecule has 0 saturated carbocycles. The third-order valence-electron chi connectivity index (χ3n) is 4.46. The van der Waals surface area contributed by atoms with Crippen molar-refractivity contribution < 1.29 is 36.2 Å². The Kier molecular flexibility index (Phi) is 9.96. The van der Waals surface area contributed by atoms with Crippen LogP contribution in [0, 0.1) is 5.92 Å². The van der Waals surface area contributed by atoms with Crippen molar-refractivity contribution in [2.75, 3.05) is 45.8 Å². The Morgan fingerprint density at radius 1 is 1.26 bits per heavy atom. The highest BCUT2D eigenvalue weighted by Gasteiger charge is 2.26. The minimum atomic E-state index is -0.136. The molecule has 1 amide bonds. The van der Waals surface area contributed by atoms with Gasteiger partial charge >= 0.3 is 5.97 Å². The zero-order valence-electron chi connectivity index (χ0n) is 16.1. The Balaban J connectivity index is 0.00000364. The maximum Gasteiger partial charge on any atom is 0.310 e. The zero-order valence-corrected chi connectivity index (χ0v) is 16.9. The number of piperidine rings is 1. The van der Waals surface area contributed by atoms with Gasteiger partial charge in [-0.1, -0.05) is 0 Å². The van der Waals surface area contributed by atoms with Gasteiger partial charge in [-0.2, -0.15) is 0 Å². The number of nitrogens with one attached hydrogen (secondary N) is 1. The molecule has 0 aromatic heterocycles. The maximum absolute atomic E-state index is 12.3. The van der Waals surface area contributed by atoms with Crippen LogP contribution in [0.25, 0.3) is 0 Å². The molecular formula is C19H28ClN2O5-. The van der Waals surface area contributed by atoms with Crippen molar-refractivity contribution >= 4 is 17.6 Å². The van der Waals surface area contributed by atoms with Crippen molar-refractivity contribution in [1.82, 2.24) is 4.90 Å². The second-order valence-corrected chi connectivity index (χ2v) is 6.26. The van der Waals surface area contributed by atoms with Gasteiger partial charge in [0.1, 0.15) is 11.5 Å². The van der Waals surface area contributed by atoms with Gasteiger partial charge in [-0.05, 0) is 38.4 Å². The molecule has 27 heavy (non-hydrogen) atoms.